The Bertz CT molecular complexity index is 514. The number of hydrogen-bond acceptors (Lipinski definition) is 3. The maximum Gasteiger partial charge on any atom is 0.329 e. The maximum absolute atomic E-state index is 12.1. The van der Waals surface area contributed by atoms with E-state index in [4.69, 9.17) is 16.3 Å². The maximum atomic E-state index is 12.1. The minimum absolute atomic E-state index is 0.125. The number of carbonyl (C=O) groups is 2. The van der Waals surface area contributed by atoms with Gasteiger partial charge >= 0.3 is 5.97 Å². The van der Waals surface area contributed by atoms with E-state index in [-0.39, 0.29) is 18.3 Å². The Labute approximate surface area is 123 Å². The normalized spacial score (nSPS) is 25.4. The van der Waals surface area contributed by atoms with Gasteiger partial charge in [0.15, 0.2) is 0 Å². The minimum atomic E-state index is -0.638. The summed E-state index contributed by atoms with van der Waals surface area (Å²) in [5.41, 5.74) is 0.370. The van der Waals surface area contributed by atoms with Crippen LogP contribution in [0.1, 0.15) is 32.3 Å². The highest BCUT2D eigenvalue weighted by Crippen LogP contribution is 2.40. The average Bonchev–Trinajstić information content (AvgIpc) is 2.78. The molecule has 0 saturated carbocycles. The molecule has 1 aromatic rings. The minimum Gasteiger partial charge on any atom is -0.464 e. The second kappa shape index (κ2) is 5.83. The van der Waals surface area contributed by atoms with Crippen LogP contribution in [0.2, 0.25) is 5.02 Å². The molecule has 1 amide bonds. The summed E-state index contributed by atoms with van der Waals surface area (Å²) in [6.07, 6.45) is 0.950. The van der Waals surface area contributed by atoms with Crippen molar-refractivity contribution in [2.24, 2.45) is 0 Å². The summed E-state index contributed by atoms with van der Waals surface area (Å²) in [5, 5.41) is 3.38. The number of esters is 1. The van der Waals surface area contributed by atoms with E-state index in [1.165, 1.54) is 0 Å². The molecule has 0 spiro atoms. The molecule has 2 atom stereocenters. The van der Waals surface area contributed by atoms with E-state index in [0.717, 1.165) is 5.56 Å². The van der Waals surface area contributed by atoms with Gasteiger partial charge in [0.05, 0.1) is 6.61 Å². The third kappa shape index (κ3) is 2.52. The first-order valence-corrected chi connectivity index (χ1v) is 7.13. The van der Waals surface area contributed by atoms with Gasteiger partial charge in [-0.15, -0.1) is 0 Å². The average molecular weight is 296 g/mol. The number of halogens is 1. The van der Waals surface area contributed by atoms with Crippen molar-refractivity contribution >= 4 is 23.5 Å². The van der Waals surface area contributed by atoms with Crippen LogP contribution >= 0.6 is 11.6 Å². The molecule has 5 heteroatoms. The molecular formula is C15H18ClNO3. The van der Waals surface area contributed by atoms with Crippen LogP contribution in [-0.2, 0) is 19.7 Å². The van der Waals surface area contributed by atoms with Crippen molar-refractivity contribution in [3.8, 4) is 0 Å². The van der Waals surface area contributed by atoms with Crippen LogP contribution in [-0.4, -0.2) is 24.5 Å². The van der Waals surface area contributed by atoms with Crippen LogP contribution in [0.3, 0.4) is 0 Å². The molecule has 1 heterocycles. The Morgan fingerprint density at radius 1 is 1.40 bits per heavy atom. The predicted molar refractivity (Wildman–Crippen MR) is 76.6 cm³/mol. The van der Waals surface area contributed by atoms with Crippen molar-refractivity contribution in [3.05, 3.63) is 34.9 Å². The van der Waals surface area contributed by atoms with E-state index in [9.17, 15) is 9.59 Å². The zero-order valence-corrected chi connectivity index (χ0v) is 12.4. The highest BCUT2D eigenvalue weighted by molar-refractivity contribution is 6.30. The number of rotatable bonds is 4. The summed E-state index contributed by atoms with van der Waals surface area (Å²) in [7, 11) is 0. The fourth-order valence-corrected chi connectivity index (χ4v) is 2.96. The molecule has 0 aliphatic carbocycles. The molecule has 1 aliphatic heterocycles. The Hall–Kier alpha value is -1.55. The largest absolute Gasteiger partial charge is 0.464 e. The number of benzene rings is 1. The van der Waals surface area contributed by atoms with E-state index >= 15 is 0 Å². The highest BCUT2D eigenvalue weighted by atomic mass is 35.5. The number of hydrogen-bond donors (Lipinski definition) is 1. The van der Waals surface area contributed by atoms with Crippen molar-refractivity contribution in [3.63, 3.8) is 0 Å². The van der Waals surface area contributed by atoms with E-state index < -0.39 is 11.5 Å². The van der Waals surface area contributed by atoms with Gasteiger partial charge in [-0.2, -0.15) is 0 Å². The van der Waals surface area contributed by atoms with Gasteiger partial charge in [0.2, 0.25) is 5.91 Å². The predicted octanol–water partition coefficient (Wildman–Crippen LogP) is 2.44. The van der Waals surface area contributed by atoms with Gasteiger partial charge in [-0.25, -0.2) is 4.79 Å². The lowest BCUT2D eigenvalue weighted by Crippen LogP contribution is -2.47. The topological polar surface area (TPSA) is 55.4 Å². The molecule has 0 bridgehead atoms. The van der Waals surface area contributed by atoms with Gasteiger partial charge in [0.25, 0.3) is 0 Å². The molecule has 2 unspecified atom stereocenters. The summed E-state index contributed by atoms with van der Waals surface area (Å²) in [5.74, 6) is -0.505. The van der Waals surface area contributed by atoms with E-state index in [0.29, 0.717) is 18.1 Å². The molecule has 2 rings (SSSR count). The van der Waals surface area contributed by atoms with Gasteiger partial charge in [-0.1, -0.05) is 30.7 Å². The van der Waals surface area contributed by atoms with Gasteiger partial charge in [0.1, 0.15) is 6.04 Å². The molecule has 1 aliphatic rings. The molecule has 4 nitrogen and oxygen atoms in total. The van der Waals surface area contributed by atoms with Crippen LogP contribution in [0.4, 0.5) is 0 Å². The number of nitrogens with one attached hydrogen (secondary N) is 1. The molecule has 20 heavy (non-hydrogen) atoms. The third-order valence-electron chi connectivity index (χ3n) is 3.91. The summed E-state index contributed by atoms with van der Waals surface area (Å²) in [6, 6.07) is 6.66. The van der Waals surface area contributed by atoms with E-state index in [2.05, 4.69) is 5.32 Å². The molecule has 1 N–H and O–H groups in total. The standard InChI is InChI=1S/C15H18ClNO3/c1-3-15(10-5-7-11(16)8-6-10)9-12(18)17-13(15)14(19)20-4-2/h5-8,13H,3-4,9H2,1-2H3,(H,17,18). The molecule has 108 valence electrons. The van der Waals surface area contributed by atoms with E-state index in [1.807, 2.05) is 19.1 Å². The summed E-state index contributed by atoms with van der Waals surface area (Å²) in [4.78, 5) is 24.0. The lowest BCUT2D eigenvalue weighted by Gasteiger charge is -2.32. The Kier molecular flexibility index (Phi) is 4.33. The smallest absolute Gasteiger partial charge is 0.329 e. The van der Waals surface area contributed by atoms with Crippen LogP contribution in [0.15, 0.2) is 24.3 Å². The third-order valence-corrected chi connectivity index (χ3v) is 4.16. The fraction of sp³-hybridized carbons (Fsp3) is 0.467. The van der Waals surface area contributed by atoms with Crippen LogP contribution in [0, 0.1) is 0 Å². The van der Waals surface area contributed by atoms with Gasteiger partial charge < -0.3 is 10.1 Å². The van der Waals surface area contributed by atoms with Gasteiger partial charge in [-0.05, 0) is 31.0 Å². The second-order valence-electron chi connectivity index (χ2n) is 4.95. The van der Waals surface area contributed by atoms with Gasteiger partial charge in [0, 0.05) is 16.9 Å². The lowest BCUT2D eigenvalue weighted by molar-refractivity contribution is -0.147. The quantitative estimate of drug-likeness (QED) is 0.868. The highest BCUT2D eigenvalue weighted by Gasteiger charge is 2.51. The molecule has 1 saturated heterocycles. The Morgan fingerprint density at radius 2 is 2.05 bits per heavy atom. The van der Waals surface area contributed by atoms with Crippen molar-refractivity contribution in [2.45, 2.75) is 38.1 Å². The van der Waals surface area contributed by atoms with Crippen LogP contribution < -0.4 is 5.32 Å². The second-order valence-corrected chi connectivity index (χ2v) is 5.38. The summed E-state index contributed by atoms with van der Waals surface area (Å²) >= 11 is 5.91. The van der Waals surface area contributed by atoms with Gasteiger partial charge in [-0.3, -0.25) is 4.79 Å². The lowest BCUT2D eigenvalue weighted by atomic mass is 9.72. The van der Waals surface area contributed by atoms with Crippen molar-refractivity contribution < 1.29 is 14.3 Å². The molecule has 1 aromatic carbocycles. The first-order valence-electron chi connectivity index (χ1n) is 6.75. The number of amides is 1. The fourth-order valence-electron chi connectivity index (χ4n) is 2.83. The number of carbonyl (C=O) groups excluding carboxylic acids is 2. The number of ether oxygens (including phenoxy) is 1. The Balaban J connectivity index is 2.42. The molecular weight excluding hydrogens is 278 g/mol. The molecule has 0 radical (unpaired) electrons. The van der Waals surface area contributed by atoms with Crippen LogP contribution in [0.5, 0.6) is 0 Å². The first kappa shape index (κ1) is 14.9. The zero-order valence-electron chi connectivity index (χ0n) is 11.6. The van der Waals surface area contributed by atoms with Crippen LogP contribution in [0.25, 0.3) is 0 Å². The molecule has 1 fully saturated rings. The zero-order chi connectivity index (χ0) is 14.8. The Morgan fingerprint density at radius 3 is 2.60 bits per heavy atom. The van der Waals surface area contributed by atoms with E-state index in [1.54, 1.807) is 19.1 Å². The SMILES string of the molecule is CCOC(=O)C1NC(=O)CC1(CC)c1ccc(Cl)cc1. The summed E-state index contributed by atoms with van der Waals surface area (Å²) < 4.78 is 5.10. The monoisotopic (exact) mass is 295 g/mol. The van der Waals surface area contributed by atoms with Crippen molar-refractivity contribution in [2.75, 3.05) is 6.61 Å². The van der Waals surface area contributed by atoms with Crippen molar-refractivity contribution in [1.29, 1.82) is 0 Å². The summed E-state index contributed by atoms with van der Waals surface area (Å²) in [6.45, 7) is 4.03. The van der Waals surface area contributed by atoms with Crippen molar-refractivity contribution in [1.82, 2.24) is 5.32 Å². The molecule has 0 aromatic heterocycles. The first-order chi connectivity index (χ1) is 9.53.